The standard InChI is InChI=1S/C12H23P/c1-9-7-11-4-2-3-10(5-6-13)12(11)8-9/h9-12H,2-8,13H2,1H3. The largest absolute Gasteiger partial charge is 0.138 e. The van der Waals surface area contributed by atoms with Gasteiger partial charge in [0.15, 0.2) is 0 Å². The zero-order valence-electron chi connectivity index (χ0n) is 8.84. The second kappa shape index (κ2) is 4.30. The van der Waals surface area contributed by atoms with Crippen LogP contribution in [0.5, 0.6) is 0 Å². The Kier molecular flexibility index (Phi) is 3.30. The molecule has 0 aliphatic heterocycles. The van der Waals surface area contributed by atoms with Crippen LogP contribution in [0.4, 0.5) is 0 Å². The van der Waals surface area contributed by atoms with Crippen LogP contribution in [-0.4, -0.2) is 6.16 Å². The summed E-state index contributed by atoms with van der Waals surface area (Å²) in [5, 5.41) is 0. The first-order valence-electron chi connectivity index (χ1n) is 6.01. The van der Waals surface area contributed by atoms with Crippen LogP contribution in [0.3, 0.4) is 0 Å². The van der Waals surface area contributed by atoms with E-state index in [4.69, 9.17) is 0 Å². The number of fused-ring (bicyclic) bond motifs is 1. The molecule has 2 aliphatic carbocycles. The lowest BCUT2D eigenvalue weighted by atomic mass is 9.73. The van der Waals surface area contributed by atoms with Crippen molar-refractivity contribution in [2.75, 3.05) is 6.16 Å². The van der Waals surface area contributed by atoms with Gasteiger partial charge in [-0.15, -0.1) is 9.24 Å². The molecule has 0 aromatic carbocycles. The quantitative estimate of drug-likeness (QED) is 0.593. The first-order valence-corrected chi connectivity index (χ1v) is 6.83. The molecule has 13 heavy (non-hydrogen) atoms. The summed E-state index contributed by atoms with van der Waals surface area (Å²) in [5.41, 5.74) is 0. The topological polar surface area (TPSA) is 0 Å². The summed E-state index contributed by atoms with van der Waals surface area (Å²) in [7, 11) is 2.90. The Morgan fingerprint density at radius 2 is 2.08 bits per heavy atom. The second-order valence-corrected chi connectivity index (χ2v) is 5.85. The summed E-state index contributed by atoms with van der Waals surface area (Å²) in [6, 6.07) is 0. The molecule has 0 bridgehead atoms. The fraction of sp³-hybridized carbons (Fsp3) is 1.00. The Bertz CT molecular complexity index is 165. The molecule has 2 rings (SSSR count). The highest BCUT2D eigenvalue weighted by Crippen LogP contribution is 2.48. The average molecular weight is 198 g/mol. The molecule has 0 nitrogen and oxygen atoms in total. The third-order valence-corrected chi connectivity index (χ3v) is 4.61. The summed E-state index contributed by atoms with van der Waals surface area (Å²) >= 11 is 0. The molecule has 0 aromatic rings. The maximum absolute atomic E-state index is 2.90. The Labute approximate surface area is 85.1 Å². The molecule has 0 radical (unpaired) electrons. The molecule has 5 unspecified atom stereocenters. The van der Waals surface area contributed by atoms with E-state index < -0.39 is 0 Å². The summed E-state index contributed by atoms with van der Waals surface area (Å²) in [5.74, 6) is 4.34. The SMILES string of the molecule is CC1CC2CCCC(CCP)C2C1. The smallest absolute Gasteiger partial charge is 0.0355 e. The van der Waals surface area contributed by atoms with Gasteiger partial charge in [0.25, 0.3) is 0 Å². The summed E-state index contributed by atoms with van der Waals surface area (Å²) in [4.78, 5) is 0. The van der Waals surface area contributed by atoms with Crippen LogP contribution in [0.15, 0.2) is 0 Å². The van der Waals surface area contributed by atoms with Crippen molar-refractivity contribution >= 4 is 9.24 Å². The van der Waals surface area contributed by atoms with Crippen molar-refractivity contribution < 1.29 is 0 Å². The van der Waals surface area contributed by atoms with Crippen molar-refractivity contribution in [3.63, 3.8) is 0 Å². The van der Waals surface area contributed by atoms with Gasteiger partial charge in [-0.2, -0.15) is 0 Å². The van der Waals surface area contributed by atoms with Crippen LogP contribution in [0.1, 0.15) is 45.4 Å². The van der Waals surface area contributed by atoms with Crippen molar-refractivity contribution in [2.24, 2.45) is 23.7 Å². The van der Waals surface area contributed by atoms with Gasteiger partial charge in [0.2, 0.25) is 0 Å². The Morgan fingerprint density at radius 1 is 1.23 bits per heavy atom. The predicted octanol–water partition coefficient (Wildman–Crippen LogP) is 3.71. The van der Waals surface area contributed by atoms with E-state index in [2.05, 4.69) is 16.2 Å². The molecule has 0 N–H and O–H groups in total. The van der Waals surface area contributed by atoms with Gasteiger partial charge in [0.05, 0.1) is 0 Å². The fourth-order valence-corrected chi connectivity index (χ4v) is 4.21. The maximum Gasteiger partial charge on any atom is -0.0355 e. The van der Waals surface area contributed by atoms with Gasteiger partial charge >= 0.3 is 0 Å². The van der Waals surface area contributed by atoms with E-state index in [1.807, 2.05) is 0 Å². The highest BCUT2D eigenvalue weighted by atomic mass is 31.0. The Morgan fingerprint density at radius 3 is 2.85 bits per heavy atom. The fourth-order valence-electron chi connectivity index (χ4n) is 3.78. The van der Waals surface area contributed by atoms with Crippen LogP contribution in [0, 0.1) is 23.7 Å². The Hall–Kier alpha value is 0.430. The van der Waals surface area contributed by atoms with E-state index >= 15 is 0 Å². The van der Waals surface area contributed by atoms with Crippen molar-refractivity contribution in [3.8, 4) is 0 Å². The summed E-state index contributed by atoms with van der Waals surface area (Å²) in [6.45, 7) is 2.45. The zero-order valence-corrected chi connectivity index (χ0v) is 9.99. The first-order chi connectivity index (χ1) is 6.31. The monoisotopic (exact) mass is 198 g/mol. The molecule has 0 aromatic heterocycles. The minimum Gasteiger partial charge on any atom is -0.138 e. The van der Waals surface area contributed by atoms with E-state index in [9.17, 15) is 0 Å². The second-order valence-electron chi connectivity index (χ2n) is 5.27. The van der Waals surface area contributed by atoms with Crippen LogP contribution >= 0.6 is 9.24 Å². The first kappa shape index (κ1) is 9.97. The van der Waals surface area contributed by atoms with Crippen LogP contribution < -0.4 is 0 Å². The molecule has 2 aliphatic rings. The van der Waals surface area contributed by atoms with Gasteiger partial charge in [-0.3, -0.25) is 0 Å². The normalized spacial score (nSPS) is 44.8. The molecule has 0 amide bonds. The third kappa shape index (κ3) is 2.09. The van der Waals surface area contributed by atoms with E-state index in [0.717, 1.165) is 23.7 Å². The molecule has 76 valence electrons. The minimum atomic E-state index is 1.03. The molecule has 2 saturated carbocycles. The number of rotatable bonds is 2. The van der Waals surface area contributed by atoms with Crippen molar-refractivity contribution in [2.45, 2.75) is 45.4 Å². The van der Waals surface area contributed by atoms with Gasteiger partial charge in [0.1, 0.15) is 0 Å². The van der Waals surface area contributed by atoms with Crippen molar-refractivity contribution in [3.05, 3.63) is 0 Å². The minimum absolute atomic E-state index is 1.03. The average Bonchev–Trinajstić information content (AvgIpc) is 2.47. The molecular formula is C12H23P. The third-order valence-electron chi connectivity index (χ3n) is 4.28. The summed E-state index contributed by atoms with van der Waals surface area (Å²) < 4.78 is 0. The van der Waals surface area contributed by atoms with Crippen LogP contribution in [-0.2, 0) is 0 Å². The van der Waals surface area contributed by atoms with Crippen LogP contribution in [0.25, 0.3) is 0 Å². The molecule has 2 fully saturated rings. The van der Waals surface area contributed by atoms with Gasteiger partial charge in [-0.25, -0.2) is 0 Å². The maximum atomic E-state index is 2.90. The molecule has 0 heterocycles. The number of hydrogen-bond donors (Lipinski definition) is 0. The lowest BCUT2D eigenvalue weighted by molar-refractivity contribution is 0.178. The zero-order chi connectivity index (χ0) is 9.26. The lowest BCUT2D eigenvalue weighted by Crippen LogP contribution is -2.24. The van der Waals surface area contributed by atoms with Crippen molar-refractivity contribution in [1.82, 2.24) is 0 Å². The lowest BCUT2D eigenvalue weighted by Gasteiger charge is -2.33. The van der Waals surface area contributed by atoms with E-state index in [0.29, 0.717) is 0 Å². The van der Waals surface area contributed by atoms with E-state index in [1.165, 1.54) is 31.8 Å². The summed E-state index contributed by atoms with van der Waals surface area (Å²) in [6.07, 6.45) is 10.5. The molecule has 5 atom stereocenters. The highest BCUT2D eigenvalue weighted by Gasteiger charge is 2.38. The van der Waals surface area contributed by atoms with Crippen molar-refractivity contribution in [1.29, 1.82) is 0 Å². The predicted molar refractivity (Wildman–Crippen MR) is 61.9 cm³/mol. The van der Waals surface area contributed by atoms with Gasteiger partial charge in [0, 0.05) is 0 Å². The van der Waals surface area contributed by atoms with Gasteiger partial charge in [-0.05, 0) is 49.1 Å². The Balaban J connectivity index is 1.97. The number of hydrogen-bond acceptors (Lipinski definition) is 0. The van der Waals surface area contributed by atoms with Gasteiger partial charge < -0.3 is 0 Å². The van der Waals surface area contributed by atoms with E-state index in [1.54, 1.807) is 12.8 Å². The molecule has 0 spiro atoms. The molecular weight excluding hydrogens is 175 g/mol. The van der Waals surface area contributed by atoms with Crippen LogP contribution in [0.2, 0.25) is 0 Å². The molecule has 1 heteroatoms. The van der Waals surface area contributed by atoms with E-state index in [-0.39, 0.29) is 0 Å². The molecule has 0 saturated heterocycles. The highest BCUT2D eigenvalue weighted by molar-refractivity contribution is 7.16. The van der Waals surface area contributed by atoms with Gasteiger partial charge in [-0.1, -0.05) is 26.2 Å².